The normalized spacial score (nSPS) is 13.8. The minimum Gasteiger partial charge on any atom is -0.484 e. The van der Waals surface area contributed by atoms with E-state index in [0.717, 1.165) is 0 Å². The third kappa shape index (κ3) is 4.03. The summed E-state index contributed by atoms with van der Waals surface area (Å²) < 4.78 is 21.4. The van der Waals surface area contributed by atoms with Gasteiger partial charge in [-0.3, -0.25) is 4.79 Å². The summed E-state index contributed by atoms with van der Waals surface area (Å²) in [5.41, 5.74) is 0.142. The van der Waals surface area contributed by atoms with Crippen LogP contribution in [-0.2, 0) is 6.61 Å². The van der Waals surface area contributed by atoms with Crippen molar-refractivity contribution in [1.82, 2.24) is 10.3 Å². The zero-order valence-corrected chi connectivity index (χ0v) is 14.0. The molecule has 25 heavy (non-hydrogen) atoms. The smallest absolute Gasteiger partial charge is 0.273 e. The fourth-order valence-electron chi connectivity index (χ4n) is 2.26. The summed E-state index contributed by atoms with van der Waals surface area (Å²) in [6, 6.07) is 4.89. The van der Waals surface area contributed by atoms with Gasteiger partial charge in [0, 0.05) is 6.07 Å². The first kappa shape index (κ1) is 17.1. The van der Waals surface area contributed by atoms with Crippen molar-refractivity contribution < 1.29 is 28.5 Å². The van der Waals surface area contributed by atoms with Gasteiger partial charge in [0.1, 0.15) is 12.0 Å². The third-order valence-corrected chi connectivity index (χ3v) is 3.81. The minimum atomic E-state index is -0.397. The number of fused-ring (bicyclic) bond motifs is 1. The summed E-state index contributed by atoms with van der Waals surface area (Å²) in [6.45, 7) is 3.95. The average molecular weight is 348 g/mol. The molecule has 2 N–H and O–H groups in total. The van der Waals surface area contributed by atoms with E-state index in [-0.39, 0.29) is 43.6 Å². The highest BCUT2D eigenvalue weighted by Crippen LogP contribution is 2.35. The van der Waals surface area contributed by atoms with Gasteiger partial charge in [-0.1, -0.05) is 13.8 Å². The Morgan fingerprint density at radius 3 is 2.92 bits per heavy atom. The average Bonchev–Trinajstić information content (AvgIpc) is 3.25. The molecule has 0 unspecified atom stereocenters. The van der Waals surface area contributed by atoms with Crippen LogP contribution in [0.25, 0.3) is 0 Å². The van der Waals surface area contributed by atoms with Crippen molar-refractivity contribution in [2.75, 3.05) is 13.4 Å². The van der Waals surface area contributed by atoms with Crippen LogP contribution in [0.4, 0.5) is 0 Å². The third-order valence-electron chi connectivity index (χ3n) is 3.81. The molecule has 1 aliphatic heterocycles. The van der Waals surface area contributed by atoms with Crippen LogP contribution in [0.2, 0.25) is 0 Å². The summed E-state index contributed by atoms with van der Waals surface area (Å²) >= 11 is 0. The first-order valence-corrected chi connectivity index (χ1v) is 7.95. The number of oxazole rings is 1. The van der Waals surface area contributed by atoms with E-state index in [0.29, 0.717) is 17.2 Å². The zero-order chi connectivity index (χ0) is 17.8. The Morgan fingerprint density at radius 1 is 1.36 bits per heavy atom. The van der Waals surface area contributed by atoms with Crippen LogP contribution in [0, 0.1) is 5.92 Å². The number of aliphatic hydroxyl groups is 1. The maximum absolute atomic E-state index is 12.1. The Morgan fingerprint density at radius 2 is 2.16 bits per heavy atom. The number of hydrogen-bond donors (Lipinski definition) is 2. The number of aromatic nitrogens is 1. The van der Waals surface area contributed by atoms with Gasteiger partial charge >= 0.3 is 0 Å². The first-order chi connectivity index (χ1) is 12.1. The number of amides is 1. The van der Waals surface area contributed by atoms with E-state index in [1.165, 1.54) is 6.26 Å². The van der Waals surface area contributed by atoms with Crippen LogP contribution in [0.3, 0.4) is 0 Å². The summed E-state index contributed by atoms with van der Waals surface area (Å²) in [6.07, 6.45) is 1.27. The second-order valence-corrected chi connectivity index (χ2v) is 5.94. The summed E-state index contributed by atoms with van der Waals surface area (Å²) in [5, 5.41) is 12.0. The lowest BCUT2D eigenvalue weighted by Gasteiger charge is -2.18. The number of nitrogens with one attached hydrogen (secondary N) is 1. The molecular weight excluding hydrogens is 328 g/mol. The van der Waals surface area contributed by atoms with Gasteiger partial charge in [-0.15, -0.1) is 0 Å². The van der Waals surface area contributed by atoms with E-state index in [2.05, 4.69) is 10.3 Å². The molecule has 1 amide bonds. The molecule has 2 heterocycles. The predicted octanol–water partition coefficient (Wildman–Crippen LogP) is 1.73. The summed E-state index contributed by atoms with van der Waals surface area (Å²) in [5.74, 6) is 1.85. The number of hydrogen-bond acceptors (Lipinski definition) is 7. The molecule has 0 bridgehead atoms. The number of aliphatic hydroxyl groups excluding tert-OH is 1. The molecule has 0 spiro atoms. The molecule has 1 aromatic carbocycles. The molecule has 2 aromatic rings. The quantitative estimate of drug-likeness (QED) is 0.785. The molecule has 8 heteroatoms. The molecule has 8 nitrogen and oxygen atoms in total. The number of nitrogens with zero attached hydrogens (tertiary/aromatic N) is 1. The second-order valence-electron chi connectivity index (χ2n) is 5.94. The Hall–Kier alpha value is -2.74. The lowest BCUT2D eigenvalue weighted by molar-refractivity contribution is 0.0891. The van der Waals surface area contributed by atoms with Crippen LogP contribution in [-0.4, -0.2) is 35.4 Å². The van der Waals surface area contributed by atoms with Crippen LogP contribution >= 0.6 is 0 Å². The van der Waals surface area contributed by atoms with Gasteiger partial charge in [-0.05, 0) is 18.1 Å². The van der Waals surface area contributed by atoms with Gasteiger partial charge in [-0.2, -0.15) is 0 Å². The first-order valence-electron chi connectivity index (χ1n) is 7.95. The van der Waals surface area contributed by atoms with Crippen LogP contribution in [0.5, 0.6) is 17.2 Å². The van der Waals surface area contributed by atoms with Crippen molar-refractivity contribution in [3.63, 3.8) is 0 Å². The Kier molecular flexibility index (Phi) is 5.08. The number of benzene rings is 1. The predicted molar refractivity (Wildman–Crippen MR) is 86.6 cm³/mol. The Bertz CT molecular complexity index is 742. The number of rotatable bonds is 7. The van der Waals surface area contributed by atoms with Crippen molar-refractivity contribution in [1.29, 1.82) is 0 Å². The molecule has 134 valence electrons. The number of carbonyl (C=O) groups is 1. The molecule has 1 aromatic heterocycles. The molecule has 0 radical (unpaired) electrons. The molecule has 0 saturated heterocycles. The van der Waals surface area contributed by atoms with Crippen LogP contribution < -0.4 is 19.5 Å². The van der Waals surface area contributed by atoms with E-state index in [1.54, 1.807) is 18.2 Å². The van der Waals surface area contributed by atoms with Crippen molar-refractivity contribution in [3.8, 4) is 17.2 Å². The zero-order valence-electron chi connectivity index (χ0n) is 14.0. The van der Waals surface area contributed by atoms with E-state index in [9.17, 15) is 9.90 Å². The van der Waals surface area contributed by atoms with Gasteiger partial charge in [0.15, 0.2) is 23.8 Å². The fraction of sp³-hybridized carbons (Fsp3) is 0.412. The van der Waals surface area contributed by atoms with Crippen LogP contribution in [0.1, 0.15) is 30.2 Å². The van der Waals surface area contributed by atoms with E-state index >= 15 is 0 Å². The molecule has 1 aliphatic rings. The van der Waals surface area contributed by atoms with Gasteiger partial charge in [-0.25, -0.2) is 4.98 Å². The molecule has 0 fully saturated rings. The van der Waals surface area contributed by atoms with Gasteiger partial charge in [0.05, 0.1) is 12.6 Å². The number of ether oxygens (including phenoxy) is 3. The van der Waals surface area contributed by atoms with Crippen molar-refractivity contribution >= 4 is 5.91 Å². The second kappa shape index (κ2) is 7.43. The van der Waals surface area contributed by atoms with Crippen molar-refractivity contribution in [2.45, 2.75) is 26.5 Å². The van der Waals surface area contributed by atoms with E-state index in [1.807, 2.05) is 13.8 Å². The van der Waals surface area contributed by atoms with Crippen molar-refractivity contribution in [2.24, 2.45) is 5.92 Å². The molecule has 3 rings (SSSR count). The van der Waals surface area contributed by atoms with E-state index < -0.39 is 5.91 Å². The molecular formula is C17H20N2O6. The highest BCUT2D eigenvalue weighted by atomic mass is 16.7. The highest BCUT2D eigenvalue weighted by molar-refractivity contribution is 5.92. The maximum Gasteiger partial charge on any atom is 0.273 e. The Labute approximate surface area is 144 Å². The summed E-state index contributed by atoms with van der Waals surface area (Å²) in [4.78, 5) is 16.2. The number of carbonyl (C=O) groups excluding carboxylic acids is 1. The fourth-order valence-corrected chi connectivity index (χ4v) is 2.26. The highest BCUT2D eigenvalue weighted by Gasteiger charge is 2.19. The van der Waals surface area contributed by atoms with Crippen LogP contribution in [0.15, 0.2) is 28.9 Å². The molecule has 0 saturated carbocycles. The summed E-state index contributed by atoms with van der Waals surface area (Å²) in [7, 11) is 0. The standard InChI is InChI=1S/C17H20N2O6/c1-10(2)12(6-20)19-17(21)13-7-23-16(18-13)8-22-11-3-4-14-15(5-11)25-9-24-14/h3-5,7,10,12,20H,6,8-9H2,1-2H3,(H,19,21)/t12-/m1/s1. The topological polar surface area (TPSA) is 103 Å². The molecule has 1 atom stereocenters. The monoisotopic (exact) mass is 348 g/mol. The van der Waals surface area contributed by atoms with Crippen molar-refractivity contribution in [3.05, 3.63) is 36.0 Å². The maximum atomic E-state index is 12.1. The van der Waals surface area contributed by atoms with Gasteiger partial charge in [0.25, 0.3) is 5.91 Å². The Balaban J connectivity index is 1.57. The lowest BCUT2D eigenvalue weighted by Crippen LogP contribution is -2.41. The minimum absolute atomic E-state index is 0.0700. The van der Waals surface area contributed by atoms with Gasteiger partial charge in [0.2, 0.25) is 12.7 Å². The molecule has 0 aliphatic carbocycles. The lowest BCUT2D eigenvalue weighted by atomic mass is 10.1. The largest absolute Gasteiger partial charge is 0.484 e. The van der Waals surface area contributed by atoms with E-state index in [4.69, 9.17) is 18.6 Å². The SMILES string of the molecule is CC(C)[C@@H](CO)NC(=O)c1coc(COc2ccc3c(c2)OCO3)n1. The van der Waals surface area contributed by atoms with Gasteiger partial charge < -0.3 is 29.1 Å².